The Balaban J connectivity index is 2.30. The van der Waals surface area contributed by atoms with E-state index >= 15 is 0 Å². The normalized spacial score (nSPS) is 18.6. The molecule has 2 rings (SSSR count). The molecule has 1 aromatic rings. The van der Waals surface area contributed by atoms with E-state index in [0.717, 1.165) is 11.3 Å². The molecular formula is C12H11N3O3S. The first-order valence-corrected chi connectivity index (χ1v) is 6.48. The van der Waals surface area contributed by atoms with Gasteiger partial charge in [0.25, 0.3) is 0 Å². The average Bonchev–Trinajstić information content (AvgIpc) is 2.80. The minimum atomic E-state index is -0.694. The van der Waals surface area contributed by atoms with Crippen LogP contribution in [0.3, 0.4) is 0 Å². The van der Waals surface area contributed by atoms with Crippen LogP contribution in [-0.2, 0) is 14.4 Å². The second-order valence-electron chi connectivity index (χ2n) is 4.11. The number of hydrogen-bond donors (Lipinski definition) is 1. The lowest BCUT2D eigenvalue weighted by molar-refractivity contribution is -0.135. The third kappa shape index (κ3) is 2.63. The SMILES string of the molecule is CC(=O)N(c1ccc(C#N)s1)C1CCC(=O)NC1=O. The van der Waals surface area contributed by atoms with Gasteiger partial charge in [-0.25, -0.2) is 0 Å². The molecule has 1 aliphatic heterocycles. The van der Waals surface area contributed by atoms with E-state index in [0.29, 0.717) is 16.3 Å². The van der Waals surface area contributed by atoms with Crippen molar-refractivity contribution in [3.63, 3.8) is 0 Å². The van der Waals surface area contributed by atoms with Crippen LogP contribution in [0.5, 0.6) is 0 Å². The fourth-order valence-corrected chi connectivity index (χ4v) is 2.87. The quantitative estimate of drug-likeness (QED) is 0.809. The summed E-state index contributed by atoms with van der Waals surface area (Å²) < 4.78 is 0. The molecule has 19 heavy (non-hydrogen) atoms. The van der Waals surface area contributed by atoms with Crippen LogP contribution in [0.4, 0.5) is 5.00 Å². The van der Waals surface area contributed by atoms with E-state index in [-0.39, 0.29) is 18.2 Å². The zero-order chi connectivity index (χ0) is 14.0. The summed E-state index contributed by atoms with van der Waals surface area (Å²) in [5.74, 6) is -1.09. The fraction of sp³-hybridized carbons (Fsp3) is 0.333. The maximum atomic E-state index is 11.8. The van der Waals surface area contributed by atoms with E-state index in [4.69, 9.17) is 5.26 Å². The van der Waals surface area contributed by atoms with Crippen molar-refractivity contribution in [1.29, 1.82) is 5.26 Å². The number of nitrogens with one attached hydrogen (secondary N) is 1. The molecule has 98 valence electrons. The van der Waals surface area contributed by atoms with Gasteiger partial charge in [0.1, 0.15) is 17.0 Å². The molecule has 1 unspecified atom stereocenters. The maximum Gasteiger partial charge on any atom is 0.249 e. The van der Waals surface area contributed by atoms with E-state index < -0.39 is 11.9 Å². The van der Waals surface area contributed by atoms with Crippen LogP contribution in [0.25, 0.3) is 0 Å². The number of anilines is 1. The third-order valence-corrected chi connectivity index (χ3v) is 3.79. The molecule has 2 heterocycles. The number of thiophene rings is 1. The van der Waals surface area contributed by atoms with E-state index in [1.54, 1.807) is 12.1 Å². The Morgan fingerprint density at radius 1 is 1.53 bits per heavy atom. The minimum Gasteiger partial charge on any atom is -0.295 e. The van der Waals surface area contributed by atoms with Gasteiger partial charge in [0.15, 0.2) is 0 Å². The second-order valence-corrected chi connectivity index (χ2v) is 5.17. The summed E-state index contributed by atoms with van der Waals surface area (Å²) in [6, 6.07) is 4.53. The molecule has 1 fully saturated rings. The van der Waals surface area contributed by atoms with Gasteiger partial charge in [0.05, 0.1) is 5.00 Å². The number of piperidine rings is 1. The van der Waals surface area contributed by atoms with Gasteiger partial charge in [-0.15, -0.1) is 11.3 Å². The lowest BCUT2D eigenvalue weighted by Crippen LogP contribution is -2.54. The van der Waals surface area contributed by atoms with Gasteiger partial charge >= 0.3 is 0 Å². The largest absolute Gasteiger partial charge is 0.295 e. The zero-order valence-corrected chi connectivity index (χ0v) is 11.0. The summed E-state index contributed by atoms with van der Waals surface area (Å²) in [4.78, 5) is 36.5. The summed E-state index contributed by atoms with van der Waals surface area (Å²) in [5.41, 5.74) is 0. The Hall–Kier alpha value is -2.20. The average molecular weight is 277 g/mol. The fourth-order valence-electron chi connectivity index (χ4n) is 1.97. The van der Waals surface area contributed by atoms with E-state index in [2.05, 4.69) is 5.32 Å². The van der Waals surface area contributed by atoms with Crippen molar-refractivity contribution in [3.8, 4) is 6.07 Å². The highest BCUT2D eigenvalue weighted by Crippen LogP contribution is 2.29. The highest BCUT2D eigenvalue weighted by Gasteiger charge is 2.34. The number of nitriles is 1. The number of nitrogens with zero attached hydrogens (tertiary/aromatic N) is 2. The Morgan fingerprint density at radius 2 is 2.26 bits per heavy atom. The standard InChI is InChI=1S/C12H11N3O3S/c1-7(16)15(11-5-2-8(6-13)19-11)9-3-4-10(17)14-12(9)18/h2,5,9H,3-4H2,1H3,(H,14,17,18). The molecule has 0 bridgehead atoms. The van der Waals surface area contributed by atoms with E-state index in [9.17, 15) is 14.4 Å². The Bertz CT molecular complexity index is 587. The number of hydrogen-bond acceptors (Lipinski definition) is 5. The molecule has 0 saturated carbocycles. The molecule has 7 heteroatoms. The molecular weight excluding hydrogens is 266 g/mol. The Labute approximate surface area is 113 Å². The lowest BCUT2D eigenvalue weighted by Gasteiger charge is -2.30. The molecule has 6 nitrogen and oxygen atoms in total. The Morgan fingerprint density at radius 3 is 2.79 bits per heavy atom. The van der Waals surface area contributed by atoms with Crippen molar-refractivity contribution in [2.45, 2.75) is 25.8 Å². The van der Waals surface area contributed by atoms with Gasteiger partial charge in [-0.1, -0.05) is 0 Å². The molecule has 1 aliphatic rings. The van der Waals surface area contributed by atoms with Crippen LogP contribution in [0.1, 0.15) is 24.6 Å². The molecule has 1 atom stereocenters. The summed E-state index contributed by atoms with van der Waals surface area (Å²) in [6.45, 7) is 1.36. The first kappa shape index (κ1) is 13.2. The van der Waals surface area contributed by atoms with Crippen LogP contribution in [0, 0.1) is 11.3 Å². The van der Waals surface area contributed by atoms with Crippen molar-refractivity contribution < 1.29 is 14.4 Å². The van der Waals surface area contributed by atoms with Crippen LogP contribution >= 0.6 is 11.3 Å². The molecule has 1 N–H and O–H groups in total. The molecule has 0 aliphatic carbocycles. The van der Waals surface area contributed by atoms with Crippen LogP contribution in [0.15, 0.2) is 12.1 Å². The topological polar surface area (TPSA) is 90.3 Å². The first-order chi connectivity index (χ1) is 9.02. The molecule has 0 aromatic carbocycles. The highest BCUT2D eigenvalue weighted by molar-refractivity contribution is 7.16. The number of rotatable bonds is 2. The van der Waals surface area contributed by atoms with Crippen LogP contribution in [-0.4, -0.2) is 23.8 Å². The first-order valence-electron chi connectivity index (χ1n) is 5.66. The van der Waals surface area contributed by atoms with Crippen molar-refractivity contribution >= 4 is 34.1 Å². The second kappa shape index (κ2) is 5.20. The number of carbonyl (C=O) groups excluding carboxylic acids is 3. The Kier molecular flexibility index (Phi) is 3.62. The molecule has 1 aromatic heterocycles. The summed E-state index contributed by atoms with van der Waals surface area (Å²) in [5, 5.41) is 11.6. The van der Waals surface area contributed by atoms with Crippen molar-refractivity contribution in [1.82, 2.24) is 5.32 Å². The smallest absolute Gasteiger partial charge is 0.249 e. The number of imide groups is 1. The van der Waals surface area contributed by atoms with Crippen LogP contribution in [0.2, 0.25) is 0 Å². The number of amides is 3. The minimum absolute atomic E-state index is 0.205. The number of carbonyl (C=O) groups is 3. The zero-order valence-electron chi connectivity index (χ0n) is 10.2. The molecule has 0 spiro atoms. The van der Waals surface area contributed by atoms with E-state index in [1.165, 1.54) is 11.8 Å². The van der Waals surface area contributed by atoms with Gasteiger partial charge in [-0.2, -0.15) is 5.26 Å². The summed E-state index contributed by atoms with van der Waals surface area (Å²) in [6.07, 6.45) is 0.501. The predicted molar refractivity (Wildman–Crippen MR) is 68.4 cm³/mol. The molecule has 3 amide bonds. The lowest BCUT2D eigenvalue weighted by atomic mass is 10.0. The van der Waals surface area contributed by atoms with Gasteiger partial charge in [-0.05, 0) is 18.6 Å². The predicted octanol–water partition coefficient (Wildman–Crippen LogP) is 0.778. The maximum absolute atomic E-state index is 11.8. The molecule has 0 radical (unpaired) electrons. The van der Waals surface area contributed by atoms with Crippen LogP contribution < -0.4 is 10.2 Å². The van der Waals surface area contributed by atoms with Gasteiger partial charge in [-0.3, -0.25) is 24.6 Å². The molecule has 1 saturated heterocycles. The monoisotopic (exact) mass is 277 g/mol. The van der Waals surface area contributed by atoms with Crippen molar-refractivity contribution in [3.05, 3.63) is 17.0 Å². The van der Waals surface area contributed by atoms with E-state index in [1.807, 2.05) is 6.07 Å². The highest BCUT2D eigenvalue weighted by atomic mass is 32.1. The van der Waals surface area contributed by atoms with Gasteiger partial charge in [0.2, 0.25) is 17.7 Å². The third-order valence-electron chi connectivity index (χ3n) is 2.80. The van der Waals surface area contributed by atoms with Crippen molar-refractivity contribution in [2.24, 2.45) is 0 Å². The van der Waals surface area contributed by atoms with Crippen molar-refractivity contribution in [2.75, 3.05) is 4.90 Å². The van der Waals surface area contributed by atoms with Gasteiger partial charge in [0, 0.05) is 13.3 Å². The summed E-state index contributed by atoms with van der Waals surface area (Å²) >= 11 is 1.14. The van der Waals surface area contributed by atoms with Gasteiger partial charge < -0.3 is 0 Å². The summed E-state index contributed by atoms with van der Waals surface area (Å²) in [7, 11) is 0.